The fourth-order valence-corrected chi connectivity index (χ4v) is 4.95. The van der Waals surface area contributed by atoms with Crippen molar-refractivity contribution in [1.82, 2.24) is 24.6 Å². The van der Waals surface area contributed by atoms with Crippen LogP contribution in [0.5, 0.6) is 11.5 Å². The first-order valence-electron chi connectivity index (χ1n) is 12.9. The van der Waals surface area contributed by atoms with E-state index < -0.39 is 5.82 Å². The molecule has 2 fully saturated rings. The van der Waals surface area contributed by atoms with E-state index in [0.717, 1.165) is 31.2 Å². The number of allylic oxidation sites excluding steroid dienone is 1. The number of ether oxygens (including phenoxy) is 1. The number of likely N-dealkylation sites (tertiary alicyclic amines) is 1. The van der Waals surface area contributed by atoms with Crippen molar-refractivity contribution in [3.05, 3.63) is 72.3 Å². The molecule has 0 radical (unpaired) electrons. The van der Waals surface area contributed by atoms with Gasteiger partial charge in [0.15, 0.2) is 17.2 Å². The fourth-order valence-electron chi connectivity index (χ4n) is 4.95. The highest BCUT2D eigenvalue weighted by Gasteiger charge is 2.31. The van der Waals surface area contributed by atoms with Gasteiger partial charge in [-0.05, 0) is 68.0 Å². The van der Waals surface area contributed by atoms with Crippen LogP contribution in [-0.4, -0.2) is 43.6 Å². The largest absolute Gasteiger partial charge is 0.454 e. The van der Waals surface area contributed by atoms with Crippen LogP contribution in [0, 0.1) is 23.1 Å². The second-order valence-corrected chi connectivity index (χ2v) is 9.88. The van der Waals surface area contributed by atoms with Crippen molar-refractivity contribution < 1.29 is 13.9 Å². The van der Waals surface area contributed by atoms with E-state index >= 15 is 0 Å². The summed E-state index contributed by atoms with van der Waals surface area (Å²) < 4.78 is 21.5. The molecule has 1 amide bonds. The van der Waals surface area contributed by atoms with Crippen LogP contribution in [0.15, 0.2) is 66.5 Å². The number of nitriles is 1. The zero-order valence-electron chi connectivity index (χ0n) is 21.1. The Hall–Kier alpha value is -4.78. The molecule has 2 aliphatic rings. The van der Waals surface area contributed by atoms with Gasteiger partial charge in [-0.1, -0.05) is 18.2 Å². The normalized spacial score (nSPS) is 17.7. The number of nitrogens with two attached hydrogens (primary N) is 1. The standard InChI is InChI=1S/C29H26FN7O2/c30-23-5-1-2-6-24(23)39-22-11-9-19(10-12-22)26-25-27(32)33-17-34-28(25)37(35-26)21-4-3-13-36(16-21)29(38)20(15-31)14-18-7-8-18/h1-2,5-6,9-12,14,17-18,21H,3-4,7-8,13,16H2,(H2,32,33,34). The molecule has 1 saturated carbocycles. The Kier molecular flexibility index (Phi) is 6.40. The molecule has 39 heavy (non-hydrogen) atoms. The van der Waals surface area contributed by atoms with Crippen molar-refractivity contribution in [2.75, 3.05) is 18.8 Å². The molecule has 1 aliphatic carbocycles. The number of aromatic nitrogens is 4. The lowest BCUT2D eigenvalue weighted by Crippen LogP contribution is -2.41. The van der Waals surface area contributed by atoms with Crippen LogP contribution >= 0.6 is 0 Å². The highest BCUT2D eigenvalue weighted by Crippen LogP contribution is 2.36. The molecule has 9 nitrogen and oxygen atoms in total. The maximum atomic E-state index is 14.0. The van der Waals surface area contributed by atoms with Gasteiger partial charge in [-0.3, -0.25) is 4.79 Å². The molecule has 10 heteroatoms. The number of para-hydroxylation sites is 1. The van der Waals surface area contributed by atoms with Gasteiger partial charge in [-0.25, -0.2) is 19.0 Å². The number of halogens is 1. The molecule has 2 N–H and O–H groups in total. The van der Waals surface area contributed by atoms with Gasteiger partial charge in [0.2, 0.25) is 0 Å². The van der Waals surface area contributed by atoms with E-state index in [4.69, 9.17) is 15.6 Å². The third-order valence-corrected chi connectivity index (χ3v) is 7.12. The van der Waals surface area contributed by atoms with Crippen LogP contribution in [-0.2, 0) is 4.79 Å². The molecule has 4 aromatic rings. The number of piperidine rings is 1. The molecule has 3 heterocycles. The van der Waals surface area contributed by atoms with E-state index in [1.165, 1.54) is 12.4 Å². The van der Waals surface area contributed by atoms with Crippen molar-refractivity contribution in [3.8, 4) is 28.8 Å². The van der Waals surface area contributed by atoms with Gasteiger partial charge < -0.3 is 15.4 Å². The highest BCUT2D eigenvalue weighted by atomic mass is 19.1. The van der Waals surface area contributed by atoms with Gasteiger partial charge in [-0.15, -0.1) is 0 Å². The Morgan fingerprint density at radius 1 is 1.13 bits per heavy atom. The first-order chi connectivity index (χ1) is 19.0. The minimum absolute atomic E-state index is 0.139. The Bertz CT molecular complexity index is 1620. The number of benzene rings is 2. The van der Waals surface area contributed by atoms with Gasteiger partial charge >= 0.3 is 0 Å². The zero-order valence-corrected chi connectivity index (χ0v) is 21.1. The molecule has 2 aromatic carbocycles. The number of nitrogens with zero attached hydrogens (tertiary/aromatic N) is 6. The average molecular weight is 524 g/mol. The van der Waals surface area contributed by atoms with Crippen molar-refractivity contribution in [2.24, 2.45) is 5.92 Å². The summed E-state index contributed by atoms with van der Waals surface area (Å²) in [5.74, 6) is 0.582. The fraction of sp³-hybridized carbons (Fsp3) is 0.276. The van der Waals surface area contributed by atoms with Gasteiger partial charge in [0.05, 0.1) is 11.4 Å². The first-order valence-corrected chi connectivity index (χ1v) is 12.9. The zero-order chi connectivity index (χ0) is 26.9. The molecule has 2 aromatic heterocycles. The Morgan fingerprint density at radius 2 is 1.92 bits per heavy atom. The summed E-state index contributed by atoms with van der Waals surface area (Å²) in [4.78, 5) is 23.5. The van der Waals surface area contributed by atoms with E-state index in [-0.39, 0.29) is 23.3 Å². The van der Waals surface area contributed by atoms with Gasteiger partial charge in [0.1, 0.15) is 35.2 Å². The lowest BCUT2D eigenvalue weighted by atomic mass is 10.0. The molecule has 1 aliphatic heterocycles. The average Bonchev–Trinajstić information content (AvgIpc) is 3.70. The van der Waals surface area contributed by atoms with Crippen LogP contribution in [0.4, 0.5) is 10.2 Å². The molecular formula is C29H26FN7O2. The van der Waals surface area contributed by atoms with E-state index in [9.17, 15) is 14.4 Å². The maximum Gasteiger partial charge on any atom is 0.264 e. The quantitative estimate of drug-likeness (QED) is 0.278. The van der Waals surface area contributed by atoms with Crippen LogP contribution in [0.3, 0.4) is 0 Å². The number of carbonyl (C=O) groups is 1. The second-order valence-electron chi connectivity index (χ2n) is 9.88. The summed E-state index contributed by atoms with van der Waals surface area (Å²) in [5, 5.41) is 15.1. The molecule has 1 saturated heterocycles. The predicted molar refractivity (Wildman–Crippen MR) is 143 cm³/mol. The minimum Gasteiger partial charge on any atom is -0.454 e. The Labute approximate surface area is 224 Å². The lowest BCUT2D eigenvalue weighted by molar-refractivity contribution is -0.128. The van der Waals surface area contributed by atoms with Crippen molar-refractivity contribution in [3.63, 3.8) is 0 Å². The van der Waals surface area contributed by atoms with E-state index in [0.29, 0.717) is 47.3 Å². The molecular weight excluding hydrogens is 497 g/mol. The summed E-state index contributed by atoms with van der Waals surface area (Å²) >= 11 is 0. The lowest BCUT2D eigenvalue weighted by Gasteiger charge is -2.32. The number of amides is 1. The van der Waals surface area contributed by atoms with Gasteiger partial charge in [0.25, 0.3) is 5.91 Å². The topological polar surface area (TPSA) is 123 Å². The molecule has 1 atom stereocenters. The second kappa shape index (κ2) is 10.2. The number of carbonyl (C=O) groups excluding carboxylic acids is 1. The minimum atomic E-state index is -0.443. The van der Waals surface area contributed by atoms with Crippen LogP contribution in [0.2, 0.25) is 0 Å². The van der Waals surface area contributed by atoms with E-state index in [1.807, 2.05) is 16.8 Å². The summed E-state index contributed by atoms with van der Waals surface area (Å²) in [6.07, 6.45) is 6.84. The third-order valence-electron chi connectivity index (χ3n) is 7.12. The van der Waals surface area contributed by atoms with E-state index in [1.54, 1.807) is 41.3 Å². The maximum absolute atomic E-state index is 14.0. The van der Waals surface area contributed by atoms with Crippen molar-refractivity contribution in [1.29, 1.82) is 5.26 Å². The smallest absolute Gasteiger partial charge is 0.264 e. The van der Waals surface area contributed by atoms with Crippen LogP contribution < -0.4 is 10.5 Å². The SMILES string of the molecule is N#CC(=CC1CC1)C(=O)N1CCCC(n2nc(-c3ccc(Oc4ccccc4F)cc3)c3c(N)ncnc32)C1. The molecule has 6 rings (SSSR count). The van der Waals surface area contributed by atoms with E-state index in [2.05, 4.69) is 16.0 Å². The number of anilines is 1. The number of nitrogen functional groups attached to an aromatic ring is 1. The number of rotatable bonds is 6. The van der Waals surface area contributed by atoms with Gasteiger partial charge in [-0.2, -0.15) is 10.4 Å². The third kappa shape index (κ3) is 4.91. The monoisotopic (exact) mass is 523 g/mol. The van der Waals surface area contributed by atoms with Gasteiger partial charge in [0, 0.05) is 18.7 Å². The first kappa shape index (κ1) is 24.6. The van der Waals surface area contributed by atoms with Crippen LogP contribution in [0.25, 0.3) is 22.3 Å². The Morgan fingerprint density at radius 3 is 2.67 bits per heavy atom. The Balaban J connectivity index is 1.30. The molecule has 0 spiro atoms. The predicted octanol–water partition coefficient (Wildman–Crippen LogP) is 5.03. The number of fused-ring (bicyclic) bond motifs is 1. The van der Waals surface area contributed by atoms with Crippen molar-refractivity contribution >= 4 is 22.8 Å². The van der Waals surface area contributed by atoms with Crippen LogP contribution in [0.1, 0.15) is 31.7 Å². The molecule has 196 valence electrons. The summed E-state index contributed by atoms with van der Waals surface area (Å²) in [6.45, 7) is 1.00. The molecule has 1 unspecified atom stereocenters. The summed E-state index contributed by atoms with van der Waals surface area (Å²) in [5.41, 5.74) is 8.46. The summed E-state index contributed by atoms with van der Waals surface area (Å²) in [7, 11) is 0. The number of hydrogen-bond donors (Lipinski definition) is 1. The highest BCUT2D eigenvalue weighted by molar-refractivity contribution is 5.99. The van der Waals surface area contributed by atoms with Crippen molar-refractivity contribution in [2.45, 2.75) is 31.7 Å². The summed E-state index contributed by atoms with van der Waals surface area (Å²) in [6, 6.07) is 15.3. The number of hydrogen-bond acceptors (Lipinski definition) is 7. The molecule has 0 bridgehead atoms.